The Hall–Kier alpha value is -2.95. The molecule has 5 heteroatoms. The predicted molar refractivity (Wildman–Crippen MR) is 148 cm³/mol. The molecule has 1 fully saturated rings. The van der Waals surface area contributed by atoms with Gasteiger partial charge in [0.1, 0.15) is 5.75 Å². The molecule has 2 unspecified atom stereocenters. The van der Waals surface area contributed by atoms with Gasteiger partial charge >= 0.3 is 0 Å². The number of ether oxygens (including phenoxy) is 1. The average molecular weight is 504 g/mol. The van der Waals surface area contributed by atoms with E-state index < -0.39 is 0 Å². The maximum Gasteiger partial charge on any atom is 0.227 e. The highest BCUT2D eigenvalue weighted by atomic mass is 16.5. The minimum atomic E-state index is -0.142. The van der Waals surface area contributed by atoms with Crippen LogP contribution in [0.5, 0.6) is 5.75 Å². The minimum Gasteiger partial charge on any atom is -0.496 e. The number of fused-ring (bicyclic) bond motifs is 1. The van der Waals surface area contributed by atoms with Gasteiger partial charge in [-0.25, -0.2) is 0 Å². The van der Waals surface area contributed by atoms with E-state index in [-0.39, 0.29) is 35.2 Å². The van der Waals surface area contributed by atoms with E-state index in [1.807, 2.05) is 38.1 Å². The molecule has 2 aliphatic carbocycles. The zero-order chi connectivity index (χ0) is 26.7. The highest BCUT2D eigenvalue weighted by Gasteiger charge is 2.38. The van der Waals surface area contributed by atoms with Gasteiger partial charge in [-0.3, -0.25) is 14.4 Å². The SMILES string of the molecule is CCCC(C)c1ccc(NC(=O)C2CCC(C3CCC(=O)c4c(C)ccc(C)c4C3=O)CC2)cc1OC. The van der Waals surface area contributed by atoms with Gasteiger partial charge in [-0.1, -0.05) is 38.5 Å². The summed E-state index contributed by atoms with van der Waals surface area (Å²) in [5.74, 6) is 1.47. The van der Waals surface area contributed by atoms with Gasteiger partial charge in [0.05, 0.1) is 7.11 Å². The third-order valence-electron chi connectivity index (χ3n) is 8.63. The number of ketones is 2. The highest BCUT2D eigenvalue weighted by Crippen LogP contribution is 2.41. The summed E-state index contributed by atoms with van der Waals surface area (Å²) in [7, 11) is 1.67. The molecule has 0 bridgehead atoms. The van der Waals surface area contributed by atoms with Crippen LogP contribution in [-0.4, -0.2) is 24.6 Å². The summed E-state index contributed by atoms with van der Waals surface area (Å²) in [6.45, 7) is 8.23. The first-order valence-corrected chi connectivity index (χ1v) is 13.9. The number of nitrogens with one attached hydrogen (secondary N) is 1. The van der Waals surface area contributed by atoms with Crippen molar-refractivity contribution in [3.05, 3.63) is 58.1 Å². The second-order valence-electron chi connectivity index (χ2n) is 11.1. The second-order valence-corrected chi connectivity index (χ2v) is 11.1. The lowest BCUT2D eigenvalue weighted by molar-refractivity contribution is -0.121. The number of benzene rings is 2. The Bertz CT molecular complexity index is 1180. The van der Waals surface area contributed by atoms with Gasteiger partial charge in [0.15, 0.2) is 11.6 Å². The number of anilines is 1. The molecule has 4 rings (SSSR count). The molecule has 0 aliphatic heterocycles. The smallest absolute Gasteiger partial charge is 0.227 e. The molecule has 5 nitrogen and oxygen atoms in total. The first kappa shape index (κ1) is 27.1. The lowest BCUT2D eigenvalue weighted by Crippen LogP contribution is -2.32. The molecule has 0 aromatic heterocycles. The van der Waals surface area contributed by atoms with Crippen LogP contribution in [0.4, 0.5) is 5.69 Å². The average Bonchev–Trinajstić information content (AvgIpc) is 3.03. The fraction of sp³-hybridized carbons (Fsp3) is 0.531. The Morgan fingerprint density at radius 3 is 2.32 bits per heavy atom. The van der Waals surface area contributed by atoms with Gasteiger partial charge in [-0.05, 0) is 87.0 Å². The van der Waals surface area contributed by atoms with Crippen LogP contribution in [0.3, 0.4) is 0 Å². The van der Waals surface area contributed by atoms with Crippen molar-refractivity contribution in [2.75, 3.05) is 12.4 Å². The van der Waals surface area contributed by atoms with Gasteiger partial charge in [0.2, 0.25) is 5.91 Å². The number of aryl methyl sites for hydroxylation is 2. The molecular weight excluding hydrogens is 462 g/mol. The first-order chi connectivity index (χ1) is 17.7. The van der Waals surface area contributed by atoms with Crippen LogP contribution in [0.25, 0.3) is 0 Å². The zero-order valence-corrected chi connectivity index (χ0v) is 23.0. The van der Waals surface area contributed by atoms with Crippen LogP contribution in [0.2, 0.25) is 0 Å². The molecule has 0 heterocycles. The van der Waals surface area contributed by atoms with Crippen molar-refractivity contribution in [3.63, 3.8) is 0 Å². The number of carbonyl (C=O) groups is 3. The number of amides is 1. The van der Waals surface area contributed by atoms with E-state index in [2.05, 4.69) is 25.2 Å². The van der Waals surface area contributed by atoms with Crippen molar-refractivity contribution in [1.29, 1.82) is 0 Å². The van der Waals surface area contributed by atoms with E-state index >= 15 is 0 Å². The highest BCUT2D eigenvalue weighted by molar-refractivity contribution is 6.13. The van der Waals surface area contributed by atoms with Crippen molar-refractivity contribution in [1.82, 2.24) is 0 Å². The van der Waals surface area contributed by atoms with Crippen molar-refractivity contribution in [2.45, 2.75) is 85.0 Å². The van der Waals surface area contributed by atoms with Gasteiger partial charge in [0, 0.05) is 41.1 Å². The molecule has 0 saturated heterocycles. The van der Waals surface area contributed by atoms with Crippen LogP contribution in [0, 0.1) is 31.6 Å². The molecule has 1 saturated carbocycles. The number of hydrogen-bond acceptors (Lipinski definition) is 4. The molecule has 2 aromatic rings. The number of rotatable bonds is 7. The number of carbonyl (C=O) groups excluding carboxylic acids is 3. The Balaban J connectivity index is 1.41. The van der Waals surface area contributed by atoms with Gasteiger partial charge in [-0.15, -0.1) is 0 Å². The quantitative estimate of drug-likeness (QED) is 0.399. The molecule has 2 atom stereocenters. The molecule has 198 valence electrons. The topological polar surface area (TPSA) is 72.5 Å². The fourth-order valence-corrected chi connectivity index (χ4v) is 6.48. The molecule has 0 radical (unpaired) electrons. The number of hydrogen-bond donors (Lipinski definition) is 1. The van der Waals surface area contributed by atoms with Crippen LogP contribution in [-0.2, 0) is 4.79 Å². The van der Waals surface area contributed by atoms with E-state index in [9.17, 15) is 14.4 Å². The van der Waals surface area contributed by atoms with Crippen molar-refractivity contribution in [3.8, 4) is 5.75 Å². The normalized spacial score (nSPS) is 22.7. The summed E-state index contributed by atoms with van der Waals surface area (Å²) in [5, 5.41) is 3.10. The summed E-state index contributed by atoms with van der Waals surface area (Å²) in [6.07, 6.45) is 6.42. The molecular formula is C32H41NO4. The molecule has 2 aliphatic rings. The Morgan fingerprint density at radius 1 is 1.00 bits per heavy atom. The Labute approximate surface area is 221 Å². The summed E-state index contributed by atoms with van der Waals surface area (Å²) in [5.41, 5.74) is 4.98. The van der Waals surface area contributed by atoms with Gasteiger partial charge < -0.3 is 10.1 Å². The van der Waals surface area contributed by atoms with Crippen molar-refractivity contribution in [2.24, 2.45) is 17.8 Å². The Morgan fingerprint density at radius 2 is 1.68 bits per heavy atom. The van der Waals surface area contributed by atoms with E-state index in [4.69, 9.17) is 4.74 Å². The molecule has 1 amide bonds. The third kappa shape index (κ3) is 5.66. The standard InChI is InChI=1S/C32H41NO4/c1-6-7-19(2)25-15-14-24(18-28(25)37-5)33-32(36)23-12-10-22(11-13-23)26-16-17-27(34)29-20(3)8-9-21(4)30(29)31(26)35/h8-9,14-15,18-19,22-23,26H,6-7,10-13,16-17H2,1-5H3,(H,33,36). The molecule has 0 spiro atoms. The zero-order valence-electron chi connectivity index (χ0n) is 23.0. The fourth-order valence-electron chi connectivity index (χ4n) is 6.48. The number of methoxy groups -OCH3 is 1. The second kappa shape index (κ2) is 11.6. The predicted octanol–water partition coefficient (Wildman–Crippen LogP) is 7.44. The summed E-state index contributed by atoms with van der Waals surface area (Å²) < 4.78 is 5.62. The lowest BCUT2D eigenvalue weighted by Gasteiger charge is -2.32. The minimum absolute atomic E-state index is 0.0362. The van der Waals surface area contributed by atoms with Crippen LogP contribution in [0.15, 0.2) is 30.3 Å². The summed E-state index contributed by atoms with van der Waals surface area (Å²) in [4.78, 5) is 39.7. The lowest BCUT2D eigenvalue weighted by atomic mass is 9.72. The van der Waals surface area contributed by atoms with Crippen molar-refractivity contribution >= 4 is 23.2 Å². The van der Waals surface area contributed by atoms with Crippen LogP contribution >= 0.6 is 0 Å². The third-order valence-corrected chi connectivity index (χ3v) is 8.63. The summed E-state index contributed by atoms with van der Waals surface area (Å²) >= 11 is 0. The van der Waals surface area contributed by atoms with Crippen molar-refractivity contribution < 1.29 is 19.1 Å². The van der Waals surface area contributed by atoms with Crippen LogP contribution < -0.4 is 10.1 Å². The maximum absolute atomic E-state index is 13.6. The van der Waals surface area contributed by atoms with Gasteiger partial charge in [0.25, 0.3) is 0 Å². The van der Waals surface area contributed by atoms with E-state index in [0.717, 1.165) is 61.1 Å². The monoisotopic (exact) mass is 503 g/mol. The summed E-state index contributed by atoms with van der Waals surface area (Å²) in [6, 6.07) is 9.85. The molecule has 1 N–H and O–H groups in total. The largest absolute Gasteiger partial charge is 0.496 e. The number of Topliss-reactive ketones (excluding diaryl/α,β-unsaturated/α-hetero) is 2. The van der Waals surface area contributed by atoms with E-state index in [1.165, 1.54) is 5.56 Å². The molecule has 37 heavy (non-hydrogen) atoms. The Kier molecular flexibility index (Phi) is 8.51. The van der Waals surface area contributed by atoms with Crippen LogP contribution in [0.1, 0.15) is 109 Å². The van der Waals surface area contributed by atoms with Gasteiger partial charge in [-0.2, -0.15) is 0 Å². The first-order valence-electron chi connectivity index (χ1n) is 13.9. The molecule has 2 aromatic carbocycles. The van der Waals surface area contributed by atoms with E-state index in [1.54, 1.807) is 7.11 Å². The maximum atomic E-state index is 13.6. The van der Waals surface area contributed by atoms with E-state index in [0.29, 0.717) is 29.9 Å².